The van der Waals surface area contributed by atoms with Crippen LogP contribution >= 0.6 is 0 Å². The molecule has 5 nitrogen and oxygen atoms in total. The summed E-state index contributed by atoms with van der Waals surface area (Å²) in [4.78, 5) is 14.8. The van der Waals surface area contributed by atoms with Gasteiger partial charge < -0.3 is 4.90 Å². The summed E-state index contributed by atoms with van der Waals surface area (Å²) in [5.74, 6) is -0.153. The number of nitrogens with zero attached hydrogens (tertiary/aromatic N) is 2. The molecule has 0 aliphatic heterocycles. The highest BCUT2D eigenvalue weighted by Crippen LogP contribution is 2.25. The fourth-order valence-corrected chi connectivity index (χ4v) is 4.42. The quantitative estimate of drug-likeness (QED) is 0.598. The molecule has 0 bridgehead atoms. The van der Waals surface area contributed by atoms with Crippen molar-refractivity contribution < 1.29 is 13.2 Å². The molecule has 156 valence electrons. The zero-order chi connectivity index (χ0) is 22.1. The minimum atomic E-state index is -3.67. The number of hydrogen-bond acceptors (Lipinski definition) is 3. The van der Waals surface area contributed by atoms with Crippen LogP contribution in [0.2, 0.25) is 0 Å². The molecule has 0 aliphatic carbocycles. The Labute approximate surface area is 178 Å². The van der Waals surface area contributed by atoms with E-state index in [1.54, 1.807) is 60.5 Å². The highest BCUT2D eigenvalue weighted by atomic mass is 32.2. The van der Waals surface area contributed by atoms with E-state index in [-0.39, 0.29) is 10.8 Å². The summed E-state index contributed by atoms with van der Waals surface area (Å²) in [5, 5.41) is 0. The lowest BCUT2D eigenvalue weighted by molar-refractivity contribution is 0.0993. The Morgan fingerprint density at radius 1 is 0.800 bits per heavy atom. The number of benzene rings is 3. The van der Waals surface area contributed by atoms with E-state index in [0.717, 1.165) is 22.4 Å². The van der Waals surface area contributed by atoms with Crippen molar-refractivity contribution in [2.45, 2.75) is 25.7 Å². The number of aryl methyl sites for hydroxylation is 2. The Hall–Kier alpha value is -3.12. The number of sulfonamides is 1. The molecule has 0 saturated heterocycles. The summed E-state index contributed by atoms with van der Waals surface area (Å²) in [7, 11) is -0.423. The van der Waals surface area contributed by atoms with Gasteiger partial charge in [-0.05, 0) is 74.4 Å². The van der Waals surface area contributed by atoms with Crippen molar-refractivity contribution in [3.05, 3.63) is 89.0 Å². The molecule has 0 heterocycles. The SMILES string of the molecule is Cc1ccc(S(=O)(=O)N(C)c2ccc(C(=O)N(C)c3cccc(C)c3C)cc2)cc1. The van der Waals surface area contributed by atoms with Gasteiger partial charge in [0.2, 0.25) is 0 Å². The molecule has 3 aromatic rings. The molecule has 3 rings (SSSR count). The lowest BCUT2D eigenvalue weighted by atomic mass is 10.1. The van der Waals surface area contributed by atoms with Crippen LogP contribution in [0.1, 0.15) is 27.0 Å². The lowest BCUT2D eigenvalue weighted by Gasteiger charge is -2.22. The largest absolute Gasteiger partial charge is 0.311 e. The van der Waals surface area contributed by atoms with Crippen molar-refractivity contribution in [2.24, 2.45) is 0 Å². The third kappa shape index (κ3) is 4.09. The van der Waals surface area contributed by atoms with E-state index in [1.807, 2.05) is 39.0 Å². The van der Waals surface area contributed by atoms with E-state index in [4.69, 9.17) is 0 Å². The van der Waals surface area contributed by atoms with Crippen LogP contribution in [-0.4, -0.2) is 28.4 Å². The van der Waals surface area contributed by atoms with Gasteiger partial charge in [0, 0.05) is 25.3 Å². The van der Waals surface area contributed by atoms with Gasteiger partial charge in [-0.25, -0.2) is 8.42 Å². The average Bonchev–Trinajstić information content (AvgIpc) is 2.74. The topological polar surface area (TPSA) is 57.7 Å². The van der Waals surface area contributed by atoms with E-state index >= 15 is 0 Å². The normalized spacial score (nSPS) is 11.2. The first-order valence-corrected chi connectivity index (χ1v) is 11.1. The van der Waals surface area contributed by atoms with Crippen LogP contribution in [0.25, 0.3) is 0 Å². The predicted molar refractivity (Wildman–Crippen MR) is 122 cm³/mol. The van der Waals surface area contributed by atoms with Crippen LogP contribution in [0, 0.1) is 20.8 Å². The molecule has 0 unspecified atom stereocenters. The van der Waals surface area contributed by atoms with Gasteiger partial charge >= 0.3 is 0 Å². The predicted octanol–water partition coefficient (Wildman–Crippen LogP) is 4.71. The molecule has 0 saturated carbocycles. The molecule has 30 heavy (non-hydrogen) atoms. The van der Waals surface area contributed by atoms with Crippen LogP contribution in [0.15, 0.2) is 71.6 Å². The molecular weight excluding hydrogens is 396 g/mol. The molecule has 0 fully saturated rings. The van der Waals surface area contributed by atoms with Gasteiger partial charge in [0.15, 0.2) is 0 Å². The number of anilines is 2. The van der Waals surface area contributed by atoms with Crippen molar-refractivity contribution in [2.75, 3.05) is 23.3 Å². The second kappa shape index (κ2) is 8.32. The van der Waals surface area contributed by atoms with Crippen LogP contribution in [0.4, 0.5) is 11.4 Å². The molecule has 0 spiro atoms. The van der Waals surface area contributed by atoms with Crippen molar-refractivity contribution in [3.63, 3.8) is 0 Å². The minimum absolute atomic E-state index is 0.153. The fourth-order valence-electron chi connectivity index (χ4n) is 3.22. The summed E-state index contributed by atoms with van der Waals surface area (Å²) in [6.45, 7) is 5.91. The van der Waals surface area contributed by atoms with Gasteiger partial charge in [-0.2, -0.15) is 0 Å². The molecule has 0 atom stereocenters. The monoisotopic (exact) mass is 422 g/mol. The molecule has 3 aromatic carbocycles. The molecular formula is C24H26N2O3S. The summed E-state index contributed by atoms with van der Waals surface area (Å²) >= 11 is 0. The Balaban J connectivity index is 1.84. The number of carbonyl (C=O) groups is 1. The minimum Gasteiger partial charge on any atom is -0.311 e. The van der Waals surface area contributed by atoms with E-state index in [2.05, 4.69) is 0 Å². The van der Waals surface area contributed by atoms with E-state index in [0.29, 0.717) is 11.3 Å². The molecule has 1 amide bonds. The number of amides is 1. The van der Waals surface area contributed by atoms with E-state index < -0.39 is 10.0 Å². The number of carbonyl (C=O) groups excluding carboxylic acids is 1. The first-order valence-electron chi connectivity index (χ1n) is 9.63. The standard InChI is InChI=1S/C24H26N2O3S/c1-17-9-15-22(16-10-17)30(28,29)26(5)21-13-11-20(12-14-21)24(27)25(4)23-8-6-7-18(2)19(23)3/h6-16H,1-5H3. The van der Waals surface area contributed by atoms with E-state index in [1.165, 1.54) is 11.4 Å². The lowest BCUT2D eigenvalue weighted by Crippen LogP contribution is -2.28. The maximum absolute atomic E-state index is 12.9. The summed E-state index contributed by atoms with van der Waals surface area (Å²) < 4.78 is 27.0. The van der Waals surface area contributed by atoms with E-state index in [9.17, 15) is 13.2 Å². The summed E-state index contributed by atoms with van der Waals surface area (Å²) in [6, 6.07) is 19.2. The van der Waals surface area contributed by atoms with Crippen LogP contribution in [-0.2, 0) is 10.0 Å². The Kier molecular flexibility index (Phi) is 5.99. The first kappa shape index (κ1) is 21.6. The van der Waals surface area contributed by atoms with Crippen molar-refractivity contribution >= 4 is 27.3 Å². The maximum Gasteiger partial charge on any atom is 0.264 e. The second-order valence-electron chi connectivity index (χ2n) is 7.42. The Bertz CT molecular complexity index is 1170. The number of rotatable bonds is 5. The van der Waals surface area contributed by atoms with Gasteiger partial charge in [0.05, 0.1) is 10.6 Å². The summed E-state index contributed by atoms with van der Waals surface area (Å²) in [5.41, 5.74) is 4.99. The Morgan fingerprint density at radius 3 is 2.00 bits per heavy atom. The molecule has 0 aliphatic rings. The van der Waals surface area contributed by atoms with Crippen LogP contribution in [0.5, 0.6) is 0 Å². The zero-order valence-electron chi connectivity index (χ0n) is 17.9. The summed E-state index contributed by atoms with van der Waals surface area (Å²) in [6.07, 6.45) is 0. The van der Waals surface area contributed by atoms with Gasteiger partial charge in [-0.1, -0.05) is 29.8 Å². The molecule has 0 radical (unpaired) electrons. The molecule has 0 N–H and O–H groups in total. The van der Waals surface area contributed by atoms with Gasteiger partial charge in [-0.3, -0.25) is 9.10 Å². The van der Waals surface area contributed by atoms with Crippen molar-refractivity contribution in [1.29, 1.82) is 0 Å². The fraction of sp³-hybridized carbons (Fsp3) is 0.208. The molecule has 6 heteroatoms. The van der Waals surface area contributed by atoms with Gasteiger partial charge in [0.25, 0.3) is 15.9 Å². The smallest absolute Gasteiger partial charge is 0.264 e. The van der Waals surface area contributed by atoms with Crippen molar-refractivity contribution in [1.82, 2.24) is 0 Å². The van der Waals surface area contributed by atoms with Crippen LogP contribution < -0.4 is 9.21 Å². The van der Waals surface area contributed by atoms with Crippen molar-refractivity contribution in [3.8, 4) is 0 Å². The van der Waals surface area contributed by atoms with Gasteiger partial charge in [-0.15, -0.1) is 0 Å². The van der Waals surface area contributed by atoms with Crippen LogP contribution in [0.3, 0.4) is 0 Å². The first-order chi connectivity index (χ1) is 14.1. The Morgan fingerprint density at radius 2 is 1.40 bits per heavy atom. The zero-order valence-corrected chi connectivity index (χ0v) is 18.7. The highest BCUT2D eigenvalue weighted by molar-refractivity contribution is 7.92. The van der Waals surface area contributed by atoms with Gasteiger partial charge in [0.1, 0.15) is 0 Å². The third-order valence-corrected chi connectivity index (χ3v) is 7.20. The second-order valence-corrected chi connectivity index (χ2v) is 9.38. The molecule has 0 aromatic heterocycles. The third-order valence-electron chi connectivity index (χ3n) is 5.40. The average molecular weight is 423 g/mol. The maximum atomic E-state index is 12.9. The highest BCUT2D eigenvalue weighted by Gasteiger charge is 2.22. The number of hydrogen-bond donors (Lipinski definition) is 0.